The topological polar surface area (TPSA) is 0 Å². The Morgan fingerprint density at radius 3 is 2.79 bits per heavy atom. The van der Waals surface area contributed by atoms with Crippen molar-refractivity contribution in [2.24, 2.45) is 0 Å². The van der Waals surface area contributed by atoms with E-state index in [1.807, 2.05) is 0 Å². The Hall–Kier alpha value is -0.310. The summed E-state index contributed by atoms with van der Waals surface area (Å²) >= 11 is 9.90. The Labute approximate surface area is 97.2 Å². The second-order valence-corrected chi connectivity index (χ2v) is 5.41. The summed E-state index contributed by atoms with van der Waals surface area (Å²) in [7, 11) is 0. The molecule has 0 spiro atoms. The van der Waals surface area contributed by atoms with Crippen LogP contribution in [0.4, 0.5) is 0 Å². The lowest BCUT2D eigenvalue weighted by Gasteiger charge is -2.06. The van der Waals surface area contributed by atoms with Crippen molar-refractivity contribution in [3.05, 3.63) is 44.3 Å². The first-order chi connectivity index (χ1) is 6.83. The smallest absolute Gasteiger partial charge is 0.102 e. The van der Waals surface area contributed by atoms with Crippen molar-refractivity contribution in [2.75, 3.05) is 0 Å². The normalized spacial score (nSPS) is 13.0. The minimum absolute atomic E-state index is 0.0462. The summed E-state index contributed by atoms with van der Waals surface area (Å²) in [5.74, 6) is 0. The van der Waals surface area contributed by atoms with E-state index in [1.54, 1.807) is 22.7 Å². The molecule has 0 aliphatic rings. The molecule has 2 rings (SSSR count). The van der Waals surface area contributed by atoms with Gasteiger partial charge in [0.2, 0.25) is 0 Å². The van der Waals surface area contributed by atoms with Gasteiger partial charge >= 0.3 is 0 Å². The van der Waals surface area contributed by atoms with Gasteiger partial charge in [-0.2, -0.15) is 0 Å². The summed E-state index contributed by atoms with van der Waals surface area (Å²) < 4.78 is 0. The van der Waals surface area contributed by atoms with Crippen LogP contribution in [0.3, 0.4) is 0 Å². The summed E-state index contributed by atoms with van der Waals surface area (Å²) in [6.45, 7) is 2.17. The average molecular weight is 243 g/mol. The Bertz CT molecular complexity index is 389. The first-order valence-electron chi connectivity index (χ1n) is 4.56. The Morgan fingerprint density at radius 2 is 2.14 bits per heavy atom. The summed E-state index contributed by atoms with van der Waals surface area (Å²) in [5.41, 5.74) is 1.38. The largest absolute Gasteiger partial charge is 0.147 e. The molecule has 2 heterocycles. The van der Waals surface area contributed by atoms with Gasteiger partial charge in [0.1, 0.15) is 5.38 Å². The molecule has 2 aromatic rings. The summed E-state index contributed by atoms with van der Waals surface area (Å²) in [6, 6.07) is 6.32. The monoisotopic (exact) mass is 242 g/mol. The van der Waals surface area contributed by atoms with Gasteiger partial charge in [-0.1, -0.05) is 13.0 Å². The van der Waals surface area contributed by atoms with Crippen molar-refractivity contribution >= 4 is 34.3 Å². The van der Waals surface area contributed by atoms with Crippen LogP contribution >= 0.6 is 34.3 Å². The van der Waals surface area contributed by atoms with Crippen molar-refractivity contribution in [3.8, 4) is 0 Å². The van der Waals surface area contributed by atoms with Gasteiger partial charge in [-0.05, 0) is 34.9 Å². The van der Waals surface area contributed by atoms with E-state index in [1.165, 1.54) is 15.3 Å². The van der Waals surface area contributed by atoms with Crippen LogP contribution < -0.4 is 0 Å². The Morgan fingerprint density at radius 1 is 1.29 bits per heavy atom. The van der Waals surface area contributed by atoms with Gasteiger partial charge in [-0.25, -0.2) is 0 Å². The van der Waals surface area contributed by atoms with Gasteiger partial charge in [-0.3, -0.25) is 0 Å². The summed E-state index contributed by atoms with van der Waals surface area (Å²) in [4.78, 5) is 2.54. The fourth-order valence-corrected chi connectivity index (χ4v) is 3.72. The molecule has 14 heavy (non-hydrogen) atoms. The van der Waals surface area contributed by atoms with Crippen LogP contribution in [0.2, 0.25) is 0 Å². The predicted molar refractivity (Wildman–Crippen MR) is 65.7 cm³/mol. The van der Waals surface area contributed by atoms with E-state index in [-0.39, 0.29) is 5.38 Å². The molecule has 3 heteroatoms. The molecule has 0 aliphatic heterocycles. The van der Waals surface area contributed by atoms with Gasteiger partial charge in [0, 0.05) is 9.75 Å². The zero-order valence-corrected chi connectivity index (χ0v) is 10.3. The fraction of sp³-hybridized carbons (Fsp3) is 0.273. The van der Waals surface area contributed by atoms with E-state index in [9.17, 15) is 0 Å². The van der Waals surface area contributed by atoms with Crippen LogP contribution in [-0.2, 0) is 6.42 Å². The van der Waals surface area contributed by atoms with Crippen LogP contribution in [0.1, 0.15) is 27.6 Å². The predicted octanol–water partition coefficient (Wildman–Crippen LogP) is 4.70. The molecule has 0 aliphatic carbocycles. The number of rotatable bonds is 3. The molecule has 0 aromatic carbocycles. The molecule has 2 aromatic heterocycles. The molecule has 0 nitrogen and oxygen atoms in total. The number of hydrogen-bond donors (Lipinski definition) is 0. The van der Waals surface area contributed by atoms with E-state index in [4.69, 9.17) is 11.6 Å². The molecule has 0 bridgehead atoms. The molecule has 0 fully saturated rings. The molecule has 0 radical (unpaired) electrons. The maximum absolute atomic E-state index is 6.42. The summed E-state index contributed by atoms with van der Waals surface area (Å²) in [6.07, 6.45) is 1.06. The summed E-state index contributed by atoms with van der Waals surface area (Å²) in [5, 5.41) is 4.24. The Kier molecular flexibility index (Phi) is 3.26. The second-order valence-electron chi connectivity index (χ2n) is 3.04. The first kappa shape index (κ1) is 10.2. The molecule has 74 valence electrons. The molecular weight excluding hydrogens is 232 g/mol. The second kappa shape index (κ2) is 4.47. The van der Waals surface area contributed by atoms with E-state index in [2.05, 4.69) is 35.9 Å². The maximum Gasteiger partial charge on any atom is 0.102 e. The number of hydrogen-bond acceptors (Lipinski definition) is 2. The minimum Gasteiger partial charge on any atom is -0.147 e. The number of thiophene rings is 2. The van der Waals surface area contributed by atoms with Gasteiger partial charge in [0.15, 0.2) is 0 Å². The van der Waals surface area contributed by atoms with Crippen LogP contribution in [0.25, 0.3) is 0 Å². The van der Waals surface area contributed by atoms with Crippen molar-refractivity contribution in [1.82, 2.24) is 0 Å². The third-order valence-corrected chi connectivity index (χ3v) is 4.86. The van der Waals surface area contributed by atoms with Crippen molar-refractivity contribution in [3.63, 3.8) is 0 Å². The van der Waals surface area contributed by atoms with Crippen LogP contribution in [0.5, 0.6) is 0 Å². The highest BCUT2D eigenvalue weighted by Crippen LogP contribution is 2.37. The quantitative estimate of drug-likeness (QED) is 0.685. The number of alkyl halides is 1. The SMILES string of the molecule is CCc1ccsc1C(Cl)c1cccs1. The van der Waals surface area contributed by atoms with E-state index in [0.717, 1.165) is 6.42 Å². The van der Waals surface area contributed by atoms with Crippen molar-refractivity contribution in [2.45, 2.75) is 18.7 Å². The van der Waals surface area contributed by atoms with Gasteiger partial charge in [0.05, 0.1) is 0 Å². The Balaban J connectivity index is 2.31. The first-order valence-corrected chi connectivity index (χ1v) is 6.76. The van der Waals surface area contributed by atoms with E-state index < -0.39 is 0 Å². The lowest BCUT2D eigenvalue weighted by Crippen LogP contribution is -1.90. The van der Waals surface area contributed by atoms with E-state index in [0.29, 0.717) is 0 Å². The highest BCUT2D eigenvalue weighted by molar-refractivity contribution is 7.12. The van der Waals surface area contributed by atoms with Crippen LogP contribution in [0, 0.1) is 0 Å². The molecular formula is C11H11ClS2. The highest BCUT2D eigenvalue weighted by atomic mass is 35.5. The lowest BCUT2D eigenvalue weighted by atomic mass is 10.1. The molecule has 1 unspecified atom stereocenters. The average Bonchev–Trinajstić information content (AvgIpc) is 2.87. The third kappa shape index (κ3) is 1.88. The van der Waals surface area contributed by atoms with Gasteiger partial charge in [0.25, 0.3) is 0 Å². The minimum atomic E-state index is 0.0462. The maximum atomic E-state index is 6.42. The number of halogens is 1. The standard InChI is InChI=1S/C11H11ClS2/c1-2-8-5-7-14-11(8)10(12)9-4-3-6-13-9/h3-7,10H,2H2,1H3. The van der Waals surface area contributed by atoms with E-state index >= 15 is 0 Å². The van der Waals surface area contributed by atoms with Crippen LogP contribution in [-0.4, -0.2) is 0 Å². The molecule has 0 N–H and O–H groups in total. The van der Waals surface area contributed by atoms with Crippen molar-refractivity contribution in [1.29, 1.82) is 0 Å². The van der Waals surface area contributed by atoms with Crippen molar-refractivity contribution < 1.29 is 0 Å². The van der Waals surface area contributed by atoms with Crippen LogP contribution in [0.15, 0.2) is 29.0 Å². The molecule has 0 saturated heterocycles. The zero-order valence-electron chi connectivity index (χ0n) is 7.87. The third-order valence-electron chi connectivity index (χ3n) is 2.18. The number of aryl methyl sites for hydroxylation is 1. The zero-order chi connectivity index (χ0) is 9.97. The van der Waals surface area contributed by atoms with Gasteiger partial charge < -0.3 is 0 Å². The lowest BCUT2D eigenvalue weighted by molar-refractivity contribution is 1.09. The fourth-order valence-electron chi connectivity index (χ4n) is 1.43. The molecule has 0 saturated carbocycles. The molecule has 1 atom stereocenters. The van der Waals surface area contributed by atoms with Gasteiger partial charge in [-0.15, -0.1) is 34.3 Å². The molecule has 0 amide bonds. The highest BCUT2D eigenvalue weighted by Gasteiger charge is 2.15.